The number of imidazole rings is 1. The van der Waals surface area contributed by atoms with Crippen molar-refractivity contribution in [3.63, 3.8) is 0 Å². The Morgan fingerprint density at radius 1 is 1.05 bits per heavy atom. The van der Waals surface area contributed by atoms with Gasteiger partial charge in [-0.3, -0.25) is 9.80 Å². The lowest BCUT2D eigenvalue weighted by Gasteiger charge is -2.44. The maximum absolute atomic E-state index is 13.8. The highest BCUT2D eigenvalue weighted by molar-refractivity contribution is 5.83. The lowest BCUT2D eigenvalue weighted by Crippen LogP contribution is -2.53. The van der Waals surface area contributed by atoms with Gasteiger partial charge in [0.25, 0.3) is 0 Å². The third-order valence-electron chi connectivity index (χ3n) is 8.55. The fourth-order valence-electron chi connectivity index (χ4n) is 6.57. The number of benzene rings is 2. The number of nitrogens with zero attached hydrogens (tertiary/aromatic N) is 5. The van der Waals surface area contributed by atoms with Crippen LogP contribution in [0, 0.1) is 0 Å². The Balaban J connectivity index is 0.00000151. The van der Waals surface area contributed by atoms with Crippen molar-refractivity contribution in [1.82, 2.24) is 24.3 Å². The molecule has 1 aromatic heterocycles. The molecule has 6 rings (SSSR count). The number of methoxy groups -OCH3 is 2. The Morgan fingerprint density at radius 3 is 2.46 bits per heavy atom. The maximum atomic E-state index is 13.8. The molecule has 4 heterocycles. The summed E-state index contributed by atoms with van der Waals surface area (Å²) in [6, 6.07) is 12.4. The van der Waals surface area contributed by atoms with Gasteiger partial charge in [-0.05, 0) is 49.9 Å². The van der Waals surface area contributed by atoms with Gasteiger partial charge in [0.05, 0.1) is 43.9 Å². The van der Waals surface area contributed by atoms with Crippen LogP contribution in [0.5, 0.6) is 11.5 Å². The predicted octanol–water partition coefficient (Wildman–Crippen LogP) is 5.35. The summed E-state index contributed by atoms with van der Waals surface area (Å²) in [5.74, 6) is 2.65. The van der Waals surface area contributed by atoms with E-state index in [4.69, 9.17) is 14.5 Å². The van der Waals surface area contributed by atoms with Gasteiger partial charge < -0.3 is 18.9 Å². The number of aromatic nitrogens is 2. The summed E-state index contributed by atoms with van der Waals surface area (Å²) in [6.45, 7) is 9.98. The fourth-order valence-corrected chi connectivity index (χ4v) is 6.57. The number of para-hydroxylation sites is 2. The third-order valence-corrected chi connectivity index (χ3v) is 8.55. The van der Waals surface area contributed by atoms with E-state index < -0.39 is 0 Å². The number of likely N-dealkylation sites (N-methyl/N-ethyl adjacent to an activating group) is 1. The van der Waals surface area contributed by atoms with Crippen LogP contribution in [0.1, 0.15) is 50.6 Å². The molecule has 39 heavy (non-hydrogen) atoms. The first-order chi connectivity index (χ1) is 19.0. The summed E-state index contributed by atoms with van der Waals surface area (Å²) in [5, 5.41) is 0. The summed E-state index contributed by atoms with van der Waals surface area (Å²) >= 11 is 0. The molecule has 208 valence electrons. The van der Waals surface area contributed by atoms with Gasteiger partial charge in [-0.1, -0.05) is 32.1 Å². The second kappa shape index (κ2) is 10.9. The molecule has 3 aliphatic heterocycles. The van der Waals surface area contributed by atoms with Gasteiger partial charge in [0.15, 0.2) is 0 Å². The van der Waals surface area contributed by atoms with Crippen molar-refractivity contribution in [2.75, 3.05) is 33.9 Å². The summed E-state index contributed by atoms with van der Waals surface area (Å²) in [6.07, 6.45) is 4.84. The first-order valence-corrected chi connectivity index (χ1v) is 14.1. The van der Waals surface area contributed by atoms with E-state index in [2.05, 4.69) is 52.6 Å². The molecule has 8 heteroatoms. The summed E-state index contributed by atoms with van der Waals surface area (Å²) in [5.41, 5.74) is 5.31. The molecule has 8 nitrogen and oxygen atoms in total. The second-order valence-electron chi connectivity index (χ2n) is 10.3. The Hall–Kier alpha value is -3.52. The van der Waals surface area contributed by atoms with Crippen LogP contribution in [-0.4, -0.2) is 69.7 Å². The van der Waals surface area contributed by atoms with Crippen molar-refractivity contribution in [1.29, 1.82) is 0 Å². The Morgan fingerprint density at radius 2 is 1.79 bits per heavy atom. The van der Waals surface area contributed by atoms with Crippen molar-refractivity contribution in [3.05, 3.63) is 65.1 Å². The lowest BCUT2D eigenvalue weighted by molar-refractivity contribution is 0.0872. The first-order valence-electron chi connectivity index (χ1n) is 14.1. The quantitative estimate of drug-likeness (QED) is 0.444. The molecule has 0 N–H and O–H groups in total. The normalized spacial score (nSPS) is 18.3. The number of ether oxygens (including phenoxy) is 2. The van der Waals surface area contributed by atoms with Crippen molar-refractivity contribution in [2.45, 2.75) is 58.7 Å². The minimum Gasteiger partial charge on any atom is -0.497 e. The number of rotatable bonds is 5. The molecule has 0 aliphatic carbocycles. The van der Waals surface area contributed by atoms with Crippen LogP contribution < -0.4 is 9.47 Å². The number of urea groups is 1. The van der Waals surface area contributed by atoms with E-state index in [9.17, 15) is 4.79 Å². The van der Waals surface area contributed by atoms with Crippen molar-refractivity contribution in [2.24, 2.45) is 7.05 Å². The molecule has 2 fully saturated rings. The van der Waals surface area contributed by atoms with E-state index in [1.807, 2.05) is 36.9 Å². The zero-order valence-electron chi connectivity index (χ0n) is 24.2. The molecular weight excluding hydrogens is 490 g/mol. The number of allylic oxidation sites excluding steroid dienone is 1. The lowest BCUT2D eigenvalue weighted by atomic mass is 9.83. The number of hydrogen-bond donors (Lipinski definition) is 0. The average molecular weight is 532 g/mol. The molecule has 0 saturated carbocycles. The number of aryl methyl sites for hydroxylation is 1. The van der Waals surface area contributed by atoms with E-state index in [-0.39, 0.29) is 11.6 Å². The molecule has 2 saturated heterocycles. The average Bonchev–Trinajstić information content (AvgIpc) is 3.28. The molecular formula is C31H41N5O3. The van der Waals surface area contributed by atoms with E-state index in [0.717, 1.165) is 84.1 Å². The van der Waals surface area contributed by atoms with E-state index in [0.29, 0.717) is 13.1 Å². The van der Waals surface area contributed by atoms with E-state index >= 15 is 0 Å². The fraction of sp³-hybridized carbons (Fsp3) is 0.484. The van der Waals surface area contributed by atoms with Gasteiger partial charge in [0, 0.05) is 44.0 Å². The summed E-state index contributed by atoms with van der Waals surface area (Å²) in [4.78, 5) is 25.2. The minimum atomic E-state index is -0.270. The molecule has 2 aromatic carbocycles. The van der Waals surface area contributed by atoms with Crippen LogP contribution >= 0.6 is 0 Å². The first kappa shape index (κ1) is 27.1. The largest absolute Gasteiger partial charge is 0.497 e. The van der Waals surface area contributed by atoms with Crippen LogP contribution in [0.2, 0.25) is 0 Å². The van der Waals surface area contributed by atoms with Gasteiger partial charge >= 0.3 is 6.03 Å². The monoisotopic (exact) mass is 531 g/mol. The highest BCUT2D eigenvalue weighted by Crippen LogP contribution is 2.46. The van der Waals surface area contributed by atoms with Crippen LogP contribution in [0.3, 0.4) is 0 Å². The molecule has 1 spiro atoms. The van der Waals surface area contributed by atoms with Gasteiger partial charge in [-0.25, -0.2) is 9.78 Å². The topological polar surface area (TPSA) is 63.1 Å². The Labute approximate surface area is 231 Å². The molecule has 0 radical (unpaired) electrons. The van der Waals surface area contributed by atoms with Gasteiger partial charge in [-0.15, -0.1) is 0 Å². The van der Waals surface area contributed by atoms with Gasteiger partial charge in [0.1, 0.15) is 17.3 Å². The number of piperidine rings is 1. The van der Waals surface area contributed by atoms with Crippen LogP contribution in [-0.2, 0) is 26.6 Å². The number of carbonyl (C=O) groups excluding carboxylic acids is 1. The zero-order valence-corrected chi connectivity index (χ0v) is 24.2. The molecule has 0 atom stereocenters. The summed E-state index contributed by atoms with van der Waals surface area (Å²) < 4.78 is 13.4. The standard InChI is InChI=1S/C29H35N5O3.C2H6/c1-5-34-28(35)33-18-20-16-21(36-3)17-25(37-4)22(20)10-11-26(33)29(34)12-14-32(15-13-29)19-27-30-23-8-6-7-9-24(23)31(27)2;1-2/h6-9,11,16-17H,5,10,12-15,18-19H2,1-4H3;1-2H3. The molecule has 2 amide bonds. The number of carbonyl (C=O) groups is 1. The van der Waals surface area contributed by atoms with Crippen molar-refractivity contribution in [3.8, 4) is 11.5 Å². The van der Waals surface area contributed by atoms with Crippen molar-refractivity contribution >= 4 is 17.1 Å². The minimum absolute atomic E-state index is 0.104. The van der Waals surface area contributed by atoms with Crippen molar-refractivity contribution < 1.29 is 14.3 Å². The number of fused-ring (bicyclic) bond motifs is 4. The smallest absolute Gasteiger partial charge is 0.325 e. The van der Waals surface area contributed by atoms with E-state index in [1.165, 1.54) is 0 Å². The number of amides is 2. The number of hydrogen-bond acceptors (Lipinski definition) is 5. The highest BCUT2D eigenvalue weighted by Gasteiger charge is 2.54. The molecule has 0 unspecified atom stereocenters. The van der Waals surface area contributed by atoms with Crippen LogP contribution in [0.4, 0.5) is 4.79 Å². The Kier molecular flexibility index (Phi) is 7.58. The summed E-state index contributed by atoms with van der Waals surface area (Å²) in [7, 11) is 5.46. The molecule has 3 aromatic rings. The SMILES string of the molecule is CC.CCN1C(=O)N2Cc3cc(OC)cc(OC)c3CC=C2C12CCN(Cc1nc3ccccc3n1C)CC2. The number of likely N-dealkylation sites (tertiary alicyclic amines) is 1. The Bertz CT molecular complexity index is 1390. The predicted molar refractivity (Wildman–Crippen MR) is 154 cm³/mol. The zero-order chi connectivity index (χ0) is 27.7. The highest BCUT2D eigenvalue weighted by atomic mass is 16.5. The van der Waals surface area contributed by atoms with Gasteiger partial charge in [-0.2, -0.15) is 0 Å². The molecule has 0 bridgehead atoms. The maximum Gasteiger partial charge on any atom is 0.325 e. The van der Waals surface area contributed by atoms with E-state index in [1.54, 1.807) is 14.2 Å². The van der Waals surface area contributed by atoms with Crippen LogP contribution in [0.25, 0.3) is 11.0 Å². The third kappa shape index (κ3) is 4.44. The molecule has 3 aliphatic rings. The van der Waals surface area contributed by atoms with Crippen LogP contribution in [0.15, 0.2) is 48.2 Å². The second-order valence-corrected chi connectivity index (χ2v) is 10.3. The van der Waals surface area contributed by atoms with Gasteiger partial charge in [0.2, 0.25) is 0 Å².